The Labute approximate surface area is 225 Å². The number of rotatable bonds is 7. The molecule has 2 aromatic carbocycles. The number of hydrogen-bond donors (Lipinski definition) is 0. The zero-order chi connectivity index (χ0) is 26.7. The SMILES string of the molecule is C=CCOC(=O)C1=C(C)N=c2s/c(=C\c3cc(Br)ccc3OC(C)=O)c(=O)n2[C@@H]1c1ccc(OC)cc1. The monoisotopic (exact) mass is 582 g/mol. The third-order valence-electron chi connectivity index (χ3n) is 5.52. The number of hydrogen-bond acceptors (Lipinski definition) is 8. The summed E-state index contributed by atoms with van der Waals surface area (Å²) in [7, 11) is 1.56. The summed E-state index contributed by atoms with van der Waals surface area (Å²) in [5.74, 6) is -0.102. The van der Waals surface area contributed by atoms with Crippen molar-refractivity contribution in [3.63, 3.8) is 0 Å². The Bertz CT molecular complexity index is 1600. The van der Waals surface area contributed by atoms with E-state index in [9.17, 15) is 14.4 Å². The largest absolute Gasteiger partial charge is 0.497 e. The van der Waals surface area contributed by atoms with Crippen molar-refractivity contribution >= 4 is 45.3 Å². The highest BCUT2D eigenvalue weighted by atomic mass is 79.9. The van der Waals surface area contributed by atoms with Crippen LogP contribution in [0.25, 0.3) is 6.08 Å². The zero-order valence-electron chi connectivity index (χ0n) is 20.3. The van der Waals surface area contributed by atoms with Gasteiger partial charge in [0.05, 0.1) is 29.0 Å². The lowest BCUT2D eigenvalue weighted by Crippen LogP contribution is -2.39. The summed E-state index contributed by atoms with van der Waals surface area (Å²) in [6, 6.07) is 11.5. The highest BCUT2D eigenvalue weighted by Gasteiger charge is 2.33. The van der Waals surface area contributed by atoms with Gasteiger partial charge in [0.15, 0.2) is 4.80 Å². The summed E-state index contributed by atoms with van der Waals surface area (Å²) in [5, 5.41) is 0. The maximum absolute atomic E-state index is 13.8. The Morgan fingerprint density at radius 3 is 2.59 bits per heavy atom. The minimum absolute atomic E-state index is 0.0250. The predicted octanol–water partition coefficient (Wildman–Crippen LogP) is 3.66. The summed E-state index contributed by atoms with van der Waals surface area (Å²) >= 11 is 4.60. The Morgan fingerprint density at radius 1 is 1.22 bits per heavy atom. The number of methoxy groups -OCH3 is 1. The first-order valence-electron chi connectivity index (χ1n) is 11.2. The molecule has 37 heavy (non-hydrogen) atoms. The van der Waals surface area contributed by atoms with E-state index in [0.29, 0.717) is 37.7 Å². The number of benzene rings is 2. The van der Waals surface area contributed by atoms with Crippen LogP contribution in [-0.4, -0.2) is 30.2 Å². The topological polar surface area (TPSA) is 96.2 Å². The molecule has 0 radical (unpaired) electrons. The van der Waals surface area contributed by atoms with Crippen molar-refractivity contribution in [2.24, 2.45) is 4.99 Å². The minimum Gasteiger partial charge on any atom is -0.497 e. The molecular weight excluding hydrogens is 560 g/mol. The fourth-order valence-corrected chi connectivity index (χ4v) is 5.33. The Hall–Kier alpha value is -3.76. The summed E-state index contributed by atoms with van der Waals surface area (Å²) in [4.78, 5) is 43.5. The normalized spacial score (nSPS) is 15.0. The van der Waals surface area contributed by atoms with Crippen molar-refractivity contribution in [1.29, 1.82) is 0 Å². The number of carbonyl (C=O) groups is 2. The zero-order valence-corrected chi connectivity index (χ0v) is 22.7. The minimum atomic E-state index is -0.767. The van der Waals surface area contributed by atoms with E-state index >= 15 is 0 Å². The Balaban J connectivity index is 1.94. The molecule has 0 aliphatic carbocycles. The maximum atomic E-state index is 13.8. The van der Waals surface area contributed by atoms with E-state index in [4.69, 9.17) is 14.2 Å². The molecule has 0 amide bonds. The van der Waals surface area contributed by atoms with Crippen LogP contribution in [0.15, 0.2) is 80.6 Å². The van der Waals surface area contributed by atoms with Gasteiger partial charge in [-0.2, -0.15) is 0 Å². The lowest BCUT2D eigenvalue weighted by atomic mass is 9.96. The smallest absolute Gasteiger partial charge is 0.338 e. The average Bonchev–Trinajstić information content (AvgIpc) is 3.17. The number of fused-ring (bicyclic) bond motifs is 1. The van der Waals surface area contributed by atoms with Gasteiger partial charge in [-0.15, -0.1) is 0 Å². The van der Waals surface area contributed by atoms with Crippen LogP contribution in [0.2, 0.25) is 0 Å². The number of halogens is 1. The molecule has 4 rings (SSSR count). The van der Waals surface area contributed by atoms with Crippen LogP contribution in [0.3, 0.4) is 0 Å². The van der Waals surface area contributed by atoms with Gasteiger partial charge in [0.2, 0.25) is 0 Å². The van der Waals surface area contributed by atoms with Gasteiger partial charge >= 0.3 is 11.9 Å². The highest BCUT2D eigenvalue weighted by Crippen LogP contribution is 2.32. The van der Waals surface area contributed by atoms with Crippen molar-refractivity contribution < 1.29 is 23.8 Å². The van der Waals surface area contributed by atoms with E-state index in [2.05, 4.69) is 27.5 Å². The molecule has 0 N–H and O–H groups in total. The Morgan fingerprint density at radius 2 is 1.95 bits per heavy atom. The second-order valence-electron chi connectivity index (χ2n) is 8.02. The van der Waals surface area contributed by atoms with Gasteiger partial charge in [-0.25, -0.2) is 9.79 Å². The number of ether oxygens (including phenoxy) is 3. The van der Waals surface area contributed by atoms with Gasteiger partial charge in [-0.3, -0.25) is 14.2 Å². The van der Waals surface area contributed by atoms with Gasteiger partial charge in [0, 0.05) is 17.0 Å². The van der Waals surface area contributed by atoms with Crippen LogP contribution in [0.5, 0.6) is 11.5 Å². The summed E-state index contributed by atoms with van der Waals surface area (Å²) < 4.78 is 18.5. The van der Waals surface area contributed by atoms with Crippen molar-refractivity contribution in [2.75, 3.05) is 13.7 Å². The standard InChI is InChI=1S/C27H23BrN2O6S/c1-5-12-35-26(33)23-15(2)29-27-30(24(23)17-6-9-20(34-4)10-7-17)25(32)22(37-27)14-18-13-19(28)8-11-21(18)36-16(3)31/h5-11,13-14,24H,1,12H2,2-4H3/b22-14-/t24-/m1/s1. The molecule has 0 fully saturated rings. The van der Waals surface area contributed by atoms with Gasteiger partial charge < -0.3 is 14.2 Å². The summed E-state index contributed by atoms with van der Waals surface area (Å²) in [5.41, 5.74) is 1.59. The lowest BCUT2D eigenvalue weighted by molar-refractivity contribution is -0.138. The number of nitrogens with zero attached hydrogens (tertiary/aromatic N) is 2. The first kappa shape index (κ1) is 26.3. The van der Waals surface area contributed by atoms with Gasteiger partial charge in [-0.05, 0) is 48.9 Å². The van der Waals surface area contributed by atoms with Crippen LogP contribution in [-0.2, 0) is 14.3 Å². The second kappa shape index (κ2) is 11.1. The van der Waals surface area contributed by atoms with Crippen LogP contribution in [0, 0.1) is 0 Å². The van der Waals surface area contributed by atoms with E-state index in [0.717, 1.165) is 4.47 Å². The third kappa shape index (κ3) is 5.50. The molecule has 1 aliphatic rings. The van der Waals surface area contributed by atoms with E-state index < -0.39 is 18.0 Å². The number of thiazole rings is 1. The first-order chi connectivity index (χ1) is 17.7. The molecular formula is C27H23BrN2O6S. The second-order valence-corrected chi connectivity index (χ2v) is 9.94. The number of aromatic nitrogens is 1. The molecule has 0 saturated carbocycles. The van der Waals surface area contributed by atoms with Crippen molar-refractivity contribution in [2.45, 2.75) is 19.9 Å². The van der Waals surface area contributed by atoms with E-state index in [1.807, 2.05) is 0 Å². The first-order valence-corrected chi connectivity index (χ1v) is 12.8. The molecule has 8 nitrogen and oxygen atoms in total. The van der Waals surface area contributed by atoms with Crippen LogP contribution in [0.4, 0.5) is 0 Å². The average molecular weight is 583 g/mol. The van der Waals surface area contributed by atoms with Crippen LogP contribution in [0.1, 0.15) is 31.0 Å². The third-order valence-corrected chi connectivity index (χ3v) is 6.99. The molecule has 0 bridgehead atoms. The molecule has 10 heteroatoms. The molecule has 1 aliphatic heterocycles. The van der Waals surface area contributed by atoms with Crippen LogP contribution < -0.4 is 24.4 Å². The number of allylic oxidation sites excluding steroid dienone is 1. The predicted molar refractivity (Wildman–Crippen MR) is 143 cm³/mol. The van der Waals surface area contributed by atoms with E-state index in [1.54, 1.807) is 62.6 Å². The van der Waals surface area contributed by atoms with Crippen molar-refractivity contribution in [1.82, 2.24) is 4.57 Å². The van der Waals surface area contributed by atoms with Gasteiger partial charge in [-0.1, -0.05) is 52.1 Å². The van der Waals surface area contributed by atoms with Crippen molar-refractivity contribution in [3.05, 3.63) is 102 Å². The lowest BCUT2D eigenvalue weighted by Gasteiger charge is -2.24. The maximum Gasteiger partial charge on any atom is 0.338 e. The molecule has 0 spiro atoms. The molecule has 1 atom stereocenters. The fourth-order valence-electron chi connectivity index (χ4n) is 3.92. The summed E-state index contributed by atoms with van der Waals surface area (Å²) in [6.07, 6.45) is 3.12. The van der Waals surface area contributed by atoms with Gasteiger partial charge in [0.1, 0.15) is 18.1 Å². The molecule has 1 aromatic heterocycles. The molecule has 2 heterocycles. The molecule has 0 unspecified atom stereocenters. The van der Waals surface area contributed by atoms with E-state index in [1.165, 1.54) is 28.9 Å². The van der Waals surface area contributed by atoms with E-state index in [-0.39, 0.29) is 17.7 Å². The highest BCUT2D eigenvalue weighted by molar-refractivity contribution is 9.10. The fraction of sp³-hybridized carbons (Fsp3) is 0.185. The van der Waals surface area contributed by atoms with Crippen molar-refractivity contribution in [3.8, 4) is 11.5 Å². The Kier molecular flexibility index (Phi) is 7.89. The quantitative estimate of drug-likeness (QED) is 0.240. The number of esters is 2. The van der Waals surface area contributed by atoms with Crippen LogP contribution >= 0.6 is 27.3 Å². The molecule has 190 valence electrons. The number of carbonyl (C=O) groups excluding carboxylic acids is 2. The molecule has 3 aromatic rings. The summed E-state index contributed by atoms with van der Waals surface area (Å²) in [6.45, 7) is 6.64. The molecule has 0 saturated heterocycles. The van der Waals surface area contributed by atoms with Gasteiger partial charge in [0.25, 0.3) is 5.56 Å².